The summed E-state index contributed by atoms with van der Waals surface area (Å²) in [6.45, 7) is 3.27. The number of nitrogens with zero attached hydrogens (tertiary/aromatic N) is 3. The van der Waals surface area contributed by atoms with Crippen LogP contribution in [0.1, 0.15) is 96.6 Å². The quantitative estimate of drug-likeness (QED) is 0.370. The van der Waals surface area contributed by atoms with Gasteiger partial charge in [-0.15, -0.1) is 0 Å². The highest BCUT2D eigenvalue weighted by Gasteiger charge is 2.62. The number of halogens is 2. The third-order valence-electron chi connectivity index (χ3n) is 11.5. The monoisotopic (exact) mass is 800 g/mol. The Kier molecular flexibility index (Phi) is 11.0. The average molecular weight is 801 g/mol. The molecule has 7 rings (SSSR count). The van der Waals surface area contributed by atoms with Crippen LogP contribution in [0.4, 0.5) is 13.6 Å². The number of alkyl halides is 2. The topological polar surface area (TPSA) is 186 Å². The van der Waals surface area contributed by atoms with E-state index in [1.165, 1.54) is 4.90 Å². The van der Waals surface area contributed by atoms with E-state index in [0.717, 1.165) is 12.8 Å². The summed E-state index contributed by atoms with van der Waals surface area (Å²) in [6, 6.07) is 5.49. The summed E-state index contributed by atoms with van der Waals surface area (Å²) in [5, 5.41) is 4.87. The van der Waals surface area contributed by atoms with Gasteiger partial charge >= 0.3 is 6.09 Å². The first-order chi connectivity index (χ1) is 26.6. The molecule has 2 aliphatic carbocycles. The van der Waals surface area contributed by atoms with Crippen LogP contribution in [0.2, 0.25) is 0 Å². The molecule has 2 saturated carbocycles. The van der Waals surface area contributed by atoms with Gasteiger partial charge in [-0.25, -0.2) is 23.2 Å². The van der Waals surface area contributed by atoms with Gasteiger partial charge in [-0.05, 0) is 68.9 Å². The fourth-order valence-electron chi connectivity index (χ4n) is 7.86. The third kappa shape index (κ3) is 8.76. The van der Waals surface area contributed by atoms with Gasteiger partial charge in [-0.3, -0.25) is 19.1 Å². The summed E-state index contributed by atoms with van der Waals surface area (Å²) in [7, 11) is -3.95. The van der Waals surface area contributed by atoms with Gasteiger partial charge < -0.3 is 25.0 Å². The maximum Gasteiger partial charge on any atom is 0.407 e. The van der Waals surface area contributed by atoms with Gasteiger partial charge in [-0.1, -0.05) is 57.4 Å². The predicted octanol–water partition coefficient (Wildman–Crippen LogP) is 4.63. The minimum atomic E-state index is -3.95. The lowest BCUT2D eigenvalue weighted by Gasteiger charge is -2.27. The molecule has 5 aliphatic rings. The van der Waals surface area contributed by atoms with E-state index in [1.807, 2.05) is 19.9 Å². The van der Waals surface area contributed by atoms with Crippen molar-refractivity contribution in [3.8, 4) is 5.88 Å². The lowest BCUT2D eigenvalue weighted by atomic mass is 9.87. The van der Waals surface area contributed by atoms with Gasteiger partial charge in [0.1, 0.15) is 17.7 Å². The number of alkyl carbamates (subject to hydrolysis) is 1. The van der Waals surface area contributed by atoms with E-state index < -0.39 is 97.9 Å². The number of rotatable bonds is 3. The predicted molar refractivity (Wildman–Crippen MR) is 200 cm³/mol. The molecule has 3 N–H and O–H groups in total. The molecule has 56 heavy (non-hydrogen) atoms. The van der Waals surface area contributed by atoms with Crippen molar-refractivity contribution in [3.05, 3.63) is 42.1 Å². The van der Waals surface area contributed by atoms with E-state index in [2.05, 4.69) is 25.3 Å². The van der Waals surface area contributed by atoms with E-state index >= 15 is 8.78 Å². The number of hydrogen-bond donors (Lipinski definition) is 3. The molecule has 4 amide bonds. The summed E-state index contributed by atoms with van der Waals surface area (Å²) in [5.41, 5.74) is -2.31. The van der Waals surface area contributed by atoms with Crippen LogP contribution in [0.25, 0.3) is 11.0 Å². The molecule has 1 aromatic heterocycles. The molecule has 14 nitrogen and oxygen atoms in total. The van der Waals surface area contributed by atoms with Gasteiger partial charge in [0, 0.05) is 18.9 Å². The number of allylic oxidation sites excluding steroid dienone is 1. The number of sulfonamides is 1. The Morgan fingerprint density at radius 2 is 1.70 bits per heavy atom. The molecule has 17 heteroatoms. The number of carbonyl (C=O) groups excluding carboxylic acids is 4. The number of para-hydroxylation sites is 2. The first kappa shape index (κ1) is 39.8. The Morgan fingerprint density at radius 1 is 0.964 bits per heavy atom. The zero-order chi connectivity index (χ0) is 39.9. The molecule has 4 bridgehead atoms. The molecule has 3 aliphatic heterocycles. The summed E-state index contributed by atoms with van der Waals surface area (Å²) < 4.78 is 72.3. The fourth-order valence-corrected chi connectivity index (χ4v) is 9.22. The highest BCUT2D eigenvalue weighted by Crippen LogP contribution is 2.46. The lowest BCUT2D eigenvalue weighted by Crippen LogP contribution is -2.55. The number of aromatic nitrogens is 2. The van der Waals surface area contributed by atoms with Crippen LogP contribution in [0.15, 0.2) is 36.4 Å². The van der Waals surface area contributed by atoms with Crippen LogP contribution in [-0.4, -0.2) is 89.7 Å². The molecule has 1 saturated heterocycles. The summed E-state index contributed by atoms with van der Waals surface area (Å²) in [4.78, 5) is 65.8. The van der Waals surface area contributed by atoms with Gasteiger partial charge in [0.05, 0.1) is 35.4 Å². The number of cyclic esters (lactones) is 1. The second kappa shape index (κ2) is 15.5. The largest absolute Gasteiger partial charge is 0.470 e. The smallest absolute Gasteiger partial charge is 0.407 e. The van der Waals surface area contributed by atoms with Crippen LogP contribution in [0, 0.1) is 17.3 Å². The van der Waals surface area contributed by atoms with Crippen molar-refractivity contribution in [2.24, 2.45) is 17.3 Å². The zero-order valence-corrected chi connectivity index (χ0v) is 32.5. The molecule has 5 atom stereocenters. The molecule has 304 valence electrons. The molecule has 0 radical (unpaired) electrons. The maximum atomic E-state index is 16.3. The molecule has 3 fully saturated rings. The number of fused-ring (bicyclic) bond motifs is 7. The zero-order valence-electron chi connectivity index (χ0n) is 31.7. The number of hydrogen-bond acceptors (Lipinski definition) is 10. The van der Waals surface area contributed by atoms with Crippen LogP contribution < -0.4 is 20.1 Å². The molecule has 1 unspecified atom stereocenters. The Balaban J connectivity index is 1.27. The van der Waals surface area contributed by atoms with E-state index in [0.29, 0.717) is 38.5 Å². The van der Waals surface area contributed by atoms with Gasteiger partial charge in [0.2, 0.25) is 27.7 Å². The first-order valence-electron chi connectivity index (χ1n) is 19.7. The standard InChI is InChI=1S/C39H50F2N6O8S/c1-37(2)18-10-11-19-39(40,41)31-33(43-28-14-9-8-13-27(28)42-31)55-30-22-47-21-26(30)32(48)45-38(35(50)46-56(52,53)25-16-17-25)20-24(38)12-6-4-3-5-7-15-29(34(47)49)44-36(51)54-23-37/h6,8-9,12-14,24-26,29-30H,3-5,7,10-11,15-23H2,1-2H3,(H,44,51)(H,45,48)(H,46,50)/b12-6+/t24-,26?,29+,30+,38-/m1/s1. The lowest BCUT2D eigenvalue weighted by molar-refractivity contribution is -0.134. The summed E-state index contributed by atoms with van der Waals surface area (Å²) in [5.74, 6) is -7.80. The number of ether oxygens (including phenoxy) is 2. The Bertz CT molecular complexity index is 2010. The van der Waals surface area contributed by atoms with Gasteiger partial charge in [-0.2, -0.15) is 8.78 Å². The number of benzene rings is 1. The molecule has 0 spiro atoms. The van der Waals surface area contributed by atoms with E-state index in [-0.39, 0.29) is 50.0 Å². The first-order valence-corrected chi connectivity index (χ1v) is 21.2. The summed E-state index contributed by atoms with van der Waals surface area (Å²) >= 11 is 0. The minimum absolute atomic E-state index is 0.00290. The number of carbonyl (C=O) groups is 4. The van der Waals surface area contributed by atoms with Crippen molar-refractivity contribution in [2.45, 2.75) is 120 Å². The Labute approximate surface area is 325 Å². The van der Waals surface area contributed by atoms with E-state index in [9.17, 15) is 27.6 Å². The normalized spacial score (nSPS) is 30.7. The minimum Gasteiger partial charge on any atom is -0.470 e. The summed E-state index contributed by atoms with van der Waals surface area (Å²) in [6.07, 6.45) is 6.06. The molecule has 1 aromatic carbocycles. The number of nitrogens with one attached hydrogen (secondary N) is 3. The second-order valence-corrected chi connectivity index (χ2v) is 18.7. The van der Waals surface area contributed by atoms with Crippen LogP contribution in [-0.2, 0) is 35.1 Å². The van der Waals surface area contributed by atoms with Crippen molar-refractivity contribution in [1.29, 1.82) is 0 Å². The van der Waals surface area contributed by atoms with Crippen LogP contribution in [0.5, 0.6) is 5.88 Å². The fraction of sp³-hybridized carbons (Fsp3) is 0.641. The van der Waals surface area contributed by atoms with Crippen LogP contribution >= 0.6 is 0 Å². The van der Waals surface area contributed by atoms with Crippen molar-refractivity contribution >= 4 is 44.9 Å². The number of amides is 4. The molecule has 2 aromatic rings. The van der Waals surface area contributed by atoms with Crippen molar-refractivity contribution in [1.82, 2.24) is 30.2 Å². The maximum absolute atomic E-state index is 16.3. The second-order valence-electron chi connectivity index (χ2n) is 16.7. The molecule has 4 heterocycles. The van der Waals surface area contributed by atoms with Crippen molar-refractivity contribution < 1.29 is 45.9 Å². The Hall–Kier alpha value is -4.41. The molecular formula is C39H50F2N6O8S. The molecular weight excluding hydrogens is 751 g/mol. The van der Waals surface area contributed by atoms with E-state index in [1.54, 1.807) is 30.3 Å². The highest BCUT2D eigenvalue weighted by atomic mass is 32.2. The third-order valence-corrected chi connectivity index (χ3v) is 13.4. The van der Waals surface area contributed by atoms with Gasteiger partial charge in [0.15, 0.2) is 5.69 Å². The average Bonchev–Trinajstić information content (AvgIpc) is 4.07. The van der Waals surface area contributed by atoms with Crippen molar-refractivity contribution in [3.63, 3.8) is 0 Å². The van der Waals surface area contributed by atoms with Gasteiger partial charge in [0.25, 0.3) is 11.8 Å². The Morgan fingerprint density at radius 3 is 2.45 bits per heavy atom. The highest BCUT2D eigenvalue weighted by molar-refractivity contribution is 7.91. The SMILES string of the molecule is CC1(C)CCCCC(F)(F)c2nc3ccccc3nc2O[C@H]2CN3CC2C(=O)N[C@]2(C(=O)NS(=O)(=O)C4CC4)C[C@H]2/C=C/CCCCC[C@H](NC(=O)OC1)C3=O. The van der Waals surface area contributed by atoms with Crippen molar-refractivity contribution in [2.75, 3.05) is 19.7 Å². The van der Waals surface area contributed by atoms with E-state index in [4.69, 9.17) is 9.47 Å². The van der Waals surface area contributed by atoms with Crippen LogP contribution in [0.3, 0.4) is 0 Å².